The van der Waals surface area contributed by atoms with Crippen molar-refractivity contribution in [1.29, 1.82) is 0 Å². The van der Waals surface area contributed by atoms with Gasteiger partial charge in [-0.05, 0) is 89.3 Å². The number of esters is 5. The lowest BCUT2D eigenvalue weighted by atomic mass is 10.0. The van der Waals surface area contributed by atoms with E-state index in [1.807, 2.05) is 0 Å². The summed E-state index contributed by atoms with van der Waals surface area (Å²) < 4.78 is 28.5. The second kappa shape index (κ2) is 50.7. The molecule has 38 nitrogen and oxygen atoms in total. The fourth-order valence-electron chi connectivity index (χ4n) is 7.75. The van der Waals surface area contributed by atoms with Crippen molar-refractivity contribution in [3.05, 3.63) is 167 Å². The van der Waals surface area contributed by atoms with Crippen LogP contribution in [0.5, 0.6) is 23.0 Å². The Labute approximate surface area is 592 Å². The van der Waals surface area contributed by atoms with E-state index in [9.17, 15) is 62.6 Å². The molecule has 38 heteroatoms. The van der Waals surface area contributed by atoms with E-state index in [1.165, 1.54) is 69.9 Å². The number of hydrogen-bond donors (Lipinski definition) is 16. The maximum absolute atomic E-state index is 12.0. The number of hydrogen-bond acceptors (Lipinski definition) is 31. The Morgan fingerprint density at radius 2 is 0.769 bits per heavy atom. The SMILES string of the molecule is C=C(OOC)Oc1ccc(CC(NC(=O)CO)C(N)=O)cc1.COC(=O)COC(=O)C(Cc1ccc(OC(=O)CO)cc1)NC(=O)CO.COOC(O)c1ccc(CC(NC(=O)CO)C(=O)OC)cc1.NC(=O)C(Cc1ccc(OC(=O)CO)cc1)NC(=O)CO.NC(Cc1ccc(O)cc1)C(=O)O. The van der Waals surface area contributed by atoms with Crippen LogP contribution in [0, 0.1) is 0 Å². The van der Waals surface area contributed by atoms with Crippen molar-refractivity contribution in [2.75, 3.05) is 74.7 Å². The van der Waals surface area contributed by atoms with Gasteiger partial charge in [0.05, 0.1) is 28.4 Å². The summed E-state index contributed by atoms with van der Waals surface area (Å²) >= 11 is 0. The number of ether oxygens (including phenoxy) is 6. The highest BCUT2D eigenvalue weighted by Crippen LogP contribution is 2.20. The molecule has 0 spiro atoms. The van der Waals surface area contributed by atoms with Crippen LogP contribution in [0.25, 0.3) is 0 Å². The first-order chi connectivity index (χ1) is 49.4. The molecule has 0 fully saturated rings. The van der Waals surface area contributed by atoms with Gasteiger partial charge in [-0.25, -0.2) is 28.9 Å². The number of benzene rings is 5. The summed E-state index contributed by atoms with van der Waals surface area (Å²) in [6.07, 6.45) is -0.439. The number of methoxy groups -OCH3 is 2. The predicted octanol–water partition coefficient (Wildman–Crippen LogP) is -4.18. The fourth-order valence-corrected chi connectivity index (χ4v) is 7.75. The molecule has 6 atom stereocenters. The maximum Gasteiger partial charge on any atom is 0.344 e. The minimum absolute atomic E-state index is 0.0000274. The van der Waals surface area contributed by atoms with E-state index in [-0.39, 0.29) is 55.3 Å². The van der Waals surface area contributed by atoms with E-state index in [0.29, 0.717) is 22.4 Å². The molecule has 568 valence electrons. The lowest BCUT2D eigenvalue weighted by Gasteiger charge is -2.17. The lowest BCUT2D eigenvalue weighted by molar-refractivity contribution is -0.358. The van der Waals surface area contributed by atoms with Gasteiger partial charge in [0.1, 0.15) is 92.8 Å². The van der Waals surface area contributed by atoms with Crippen LogP contribution in [-0.2, 0) is 123 Å². The van der Waals surface area contributed by atoms with Crippen LogP contribution in [0.15, 0.2) is 134 Å². The largest absolute Gasteiger partial charge is 0.508 e. The van der Waals surface area contributed by atoms with Gasteiger partial charge in [0, 0.05) is 31.2 Å². The number of nitrogens with one attached hydrogen (secondary N) is 4. The molecule has 5 rings (SSSR count). The monoisotopic (exact) mass is 1470 g/mol. The molecule has 0 aliphatic carbocycles. The molecule has 0 saturated carbocycles. The van der Waals surface area contributed by atoms with Gasteiger partial charge in [0.25, 0.3) is 0 Å². The van der Waals surface area contributed by atoms with E-state index in [0.717, 1.165) is 23.8 Å². The number of carbonyl (C=O) groups excluding carboxylic acids is 11. The van der Waals surface area contributed by atoms with Crippen molar-refractivity contribution < 1.29 is 151 Å². The van der Waals surface area contributed by atoms with Crippen LogP contribution in [0.3, 0.4) is 0 Å². The van der Waals surface area contributed by atoms with Gasteiger partial charge >= 0.3 is 41.8 Å². The van der Waals surface area contributed by atoms with E-state index in [2.05, 4.69) is 56.9 Å². The van der Waals surface area contributed by atoms with Crippen LogP contribution >= 0.6 is 0 Å². The molecule has 6 amide bonds. The highest BCUT2D eigenvalue weighted by molar-refractivity contribution is 5.89. The first-order valence-corrected chi connectivity index (χ1v) is 30.1. The van der Waals surface area contributed by atoms with Crippen LogP contribution in [0.4, 0.5) is 0 Å². The summed E-state index contributed by atoms with van der Waals surface area (Å²) in [5.74, 6) is -8.12. The molecule has 0 aliphatic rings. The average Bonchev–Trinajstić information content (AvgIpc) is 0.885. The highest BCUT2D eigenvalue weighted by atomic mass is 17.2. The Balaban J connectivity index is 0.000000658. The zero-order valence-corrected chi connectivity index (χ0v) is 56.4. The van der Waals surface area contributed by atoms with Crippen molar-refractivity contribution >= 4 is 71.3 Å². The molecule has 104 heavy (non-hydrogen) atoms. The molecular formula is C66H83N7O31. The molecule has 0 saturated heterocycles. The first kappa shape index (κ1) is 90.5. The molecule has 0 bridgehead atoms. The van der Waals surface area contributed by atoms with Crippen LogP contribution in [0.1, 0.15) is 39.7 Å². The Kier molecular flexibility index (Phi) is 44.1. The number of aliphatic hydroxyl groups excluding tert-OH is 7. The summed E-state index contributed by atoms with van der Waals surface area (Å²) in [6.45, 7) is -1.61. The van der Waals surface area contributed by atoms with E-state index in [1.54, 1.807) is 72.8 Å². The van der Waals surface area contributed by atoms with E-state index >= 15 is 0 Å². The maximum atomic E-state index is 12.0. The van der Waals surface area contributed by atoms with Crippen molar-refractivity contribution in [3.63, 3.8) is 0 Å². The number of phenols is 1. The van der Waals surface area contributed by atoms with Gasteiger partial charge in [-0.3, -0.25) is 38.4 Å². The number of carboxylic acids is 1. The first-order valence-electron chi connectivity index (χ1n) is 30.1. The third-order valence-electron chi connectivity index (χ3n) is 12.8. The van der Waals surface area contributed by atoms with Crippen molar-refractivity contribution in [2.45, 2.75) is 68.6 Å². The third-order valence-corrected chi connectivity index (χ3v) is 12.8. The molecule has 5 aromatic rings. The van der Waals surface area contributed by atoms with Crippen molar-refractivity contribution in [2.24, 2.45) is 17.2 Å². The van der Waals surface area contributed by atoms with Gasteiger partial charge in [0.15, 0.2) is 6.61 Å². The molecule has 0 aromatic heterocycles. The second-order valence-electron chi connectivity index (χ2n) is 20.5. The van der Waals surface area contributed by atoms with Crippen LogP contribution in [0.2, 0.25) is 0 Å². The van der Waals surface area contributed by atoms with E-state index < -0.39 is 154 Å². The molecule has 0 radical (unpaired) electrons. The van der Waals surface area contributed by atoms with Crippen LogP contribution in [-0.4, -0.2) is 222 Å². The minimum Gasteiger partial charge on any atom is -0.508 e. The third kappa shape index (κ3) is 38.3. The Hall–Kier alpha value is -11.6. The van der Waals surface area contributed by atoms with E-state index in [4.69, 9.17) is 77.0 Å². The predicted molar refractivity (Wildman–Crippen MR) is 354 cm³/mol. The molecule has 5 aromatic carbocycles. The minimum atomic E-state index is -1.22. The number of aliphatic hydroxyl groups is 7. The van der Waals surface area contributed by atoms with Crippen molar-refractivity contribution in [1.82, 2.24) is 21.3 Å². The number of aliphatic carboxylic acids is 1. The lowest BCUT2D eigenvalue weighted by Crippen LogP contribution is -2.46. The quantitative estimate of drug-likeness (QED) is 0.00344. The smallest absolute Gasteiger partial charge is 0.344 e. The van der Waals surface area contributed by atoms with Gasteiger partial charge < -0.3 is 113 Å². The number of primary amides is 2. The van der Waals surface area contributed by atoms with Gasteiger partial charge in [-0.15, -0.1) is 0 Å². The highest BCUT2D eigenvalue weighted by Gasteiger charge is 2.26. The zero-order chi connectivity index (χ0) is 78.3. The molecule has 0 aliphatic heterocycles. The summed E-state index contributed by atoms with van der Waals surface area (Å²) in [4.78, 5) is 152. The molecule has 19 N–H and O–H groups in total. The average molecular weight is 1470 g/mol. The van der Waals surface area contributed by atoms with Crippen LogP contribution < -0.4 is 52.7 Å². The molecular weight excluding hydrogens is 1390 g/mol. The normalized spacial score (nSPS) is 11.9. The number of aromatic hydroxyl groups is 1. The zero-order valence-electron chi connectivity index (χ0n) is 56.4. The van der Waals surface area contributed by atoms with Gasteiger partial charge in [0.2, 0.25) is 41.7 Å². The Morgan fingerprint density at radius 1 is 0.433 bits per heavy atom. The number of phenolic OH excluding ortho intramolecular Hbond substituents is 1. The molecule has 0 heterocycles. The Morgan fingerprint density at radius 3 is 1.10 bits per heavy atom. The van der Waals surface area contributed by atoms with Gasteiger partial charge in [-0.2, -0.15) is 9.78 Å². The number of nitrogens with two attached hydrogens (primary N) is 3. The van der Waals surface area contributed by atoms with Crippen molar-refractivity contribution in [3.8, 4) is 23.0 Å². The summed E-state index contributed by atoms with van der Waals surface area (Å²) in [6, 6.07) is 26.8. The second-order valence-corrected chi connectivity index (χ2v) is 20.5. The molecule has 6 unspecified atom stereocenters. The summed E-state index contributed by atoms with van der Waals surface area (Å²) in [7, 11) is 4.94. The number of rotatable bonds is 36. The number of amides is 6. The topological polar surface area (TPSA) is 605 Å². The summed E-state index contributed by atoms with van der Waals surface area (Å²) in [5.41, 5.74) is 19.7. The fraction of sp³-hybridized carbons (Fsp3) is 0.333. The standard InChI is InChI=1S/C16H19NO9.C14H18N2O6.C14H19NO7.C13H16N2O6.C9H11NO3/c1-24-15(22)9-25-16(23)12(17-13(20)7-18)6-10-2-4-11(5-3-10)26-14(21)8-19;1-9(22-20-2)21-11-5-3-10(4-6-11)7-12(14(15)19)16-13(18)8-17;1-20-14(19)11(15-12(17)8-16)7-9-3-5-10(6-4-9)13(18)22-21-2;14-13(20)10(15-11(18)6-16)5-8-1-3-9(4-2-8)21-12(19)7-17;10-8(9(12)13)5-6-1-3-7(11)4-2-6/h2-5,12,18-19H,6-9H2,1H3,(H,17,20);3-6,12,17H,1,7-8H2,2H3,(H2,15,19)(H,16,18);3-6,11,13,16,18H,7-8H2,1-2H3,(H,15,17);1-4,10,16-17H,5-7H2,(H2,14,20)(H,15,18);1-4,8,11H,5,10H2,(H,12,13). The Bertz CT molecular complexity index is 3530. The summed E-state index contributed by atoms with van der Waals surface area (Å²) in [5, 5.41) is 88.4. The van der Waals surface area contributed by atoms with Gasteiger partial charge in [-0.1, -0.05) is 72.8 Å². The number of carboxylic acid groups (broad SMARTS) is 1. The number of carbonyl (C=O) groups is 12.